The normalized spacial score (nSPS) is 15.7. The topological polar surface area (TPSA) is 59.1 Å². The summed E-state index contributed by atoms with van der Waals surface area (Å²) in [5, 5.41) is 0.710. The number of sulfonamides is 1. The lowest BCUT2D eigenvalue weighted by molar-refractivity contribution is -0.00000860. The van der Waals surface area contributed by atoms with Gasteiger partial charge in [-0.2, -0.15) is 4.31 Å². The summed E-state index contributed by atoms with van der Waals surface area (Å²) in [6.07, 6.45) is 0. The Kier molecular flexibility index (Phi) is 7.97. The standard InChI is InChI=1S/C19H23ClN2O4S.ClH/c1-25-18-7-6-17(13-19(18)26-2)27(23,24)22-10-8-21(9-11-22)14-15-4-3-5-16(20)12-15;/h3-7,12-13H,8-11,14H2,1-2H3;1H/p-1. The predicted octanol–water partition coefficient (Wildman–Crippen LogP) is -0.132. The third-order valence-corrected chi connectivity index (χ3v) is 6.75. The molecule has 0 radical (unpaired) electrons. The van der Waals surface area contributed by atoms with E-state index in [4.69, 9.17) is 21.1 Å². The van der Waals surface area contributed by atoms with Crippen LogP contribution in [0.5, 0.6) is 11.5 Å². The van der Waals surface area contributed by atoms with Crippen molar-refractivity contribution in [2.45, 2.75) is 11.4 Å². The average molecular weight is 446 g/mol. The summed E-state index contributed by atoms with van der Waals surface area (Å²) >= 11 is 6.03. The van der Waals surface area contributed by atoms with E-state index in [-0.39, 0.29) is 17.3 Å². The first-order valence-corrected chi connectivity index (χ1v) is 10.4. The maximum absolute atomic E-state index is 13.0. The van der Waals surface area contributed by atoms with Gasteiger partial charge in [-0.1, -0.05) is 23.7 Å². The van der Waals surface area contributed by atoms with Gasteiger partial charge in [-0.3, -0.25) is 4.90 Å². The second-order valence-corrected chi connectivity index (χ2v) is 8.70. The van der Waals surface area contributed by atoms with Gasteiger partial charge in [-0.05, 0) is 29.8 Å². The molecule has 0 saturated carbocycles. The SMILES string of the molecule is COc1ccc(S(=O)(=O)N2CCN(Cc3cccc(Cl)c3)CC2)cc1OC.[Cl-]. The molecule has 0 spiro atoms. The Morgan fingerprint density at radius 2 is 1.64 bits per heavy atom. The number of methoxy groups -OCH3 is 2. The number of hydrogen-bond acceptors (Lipinski definition) is 5. The molecule has 1 fully saturated rings. The molecule has 2 aromatic carbocycles. The Morgan fingerprint density at radius 1 is 0.964 bits per heavy atom. The summed E-state index contributed by atoms with van der Waals surface area (Å²) in [5.74, 6) is 0.904. The number of halogens is 2. The van der Waals surface area contributed by atoms with Crippen LogP contribution in [0, 0.1) is 0 Å². The van der Waals surface area contributed by atoms with Crippen LogP contribution in [0.4, 0.5) is 0 Å². The van der Waals surface area contributed by atoms with Gasteiger partial charge in [0.15, 0.2) is 11.5 Å². The summed E-state index contributed by atoms with van der Waals surface area (Å²) in [7, 11) is -0.565. The van der Waals surface area contributed by atoms with E-state index in [1.165, 1.54) is 24.6 Å². The Morgan fingerprint density at radius 3 is 2.25 bits per heavy atom. The molecule has 6 nitrogen and oxygen atoms in total. The lowest BCUT2D eigenvalue weighted by atomic mass is 10.2. The summed E-state index contributed by atoms with van der Waals surface area (Å²) in [6, 6.07) is 12.4. The van der Waals surface area contributed by atoms with Gasteiger partial charge in [0.05, 0.1) is 19.1 Å². The van der Waals surface area contributed by atoms with Crippen LogP contribution in [0.15, 0.2) is 47.4 Å². The van der Waals surface area contributed by atoms with E-state index in [0.29, 0.717) is 42.7 Å². The number of benzene rings is 2. The van der Waals surface area contributed by atoms with Crippen LogP contribution in [0.25, 0.3) is 0 Å². The molecule has 28 heavy (non-hydrogen) atoms. The Balaban J connectivity index is 0.00000280. The van der Waals surface area contributed by atoms with E-state index < -0.39 is 10.0 Å². The van der Waals surface area contributed by atoms with Crippen LogP contribution in [-0.2, 0) is 16.6 Å². The Hall–Kier alpha value is -1.51. The van der Waals surface area contributed by atoms with Gasteiger partial charge in [0.2, 0.25) is 10.0 Å². The zero-order valence-corrected chi connectivity index (χ0v) is 18.1. The fourth-order valence-electron chi connectivity index (χ4n) is 3.15. The minimum absolute atomic E-state index is 0. The zero-order chi connectivity index (χ0) is 19.4. The van der Waals surface area contributed by atoms with E-state index in [1.54, 1.807) is 12.1 Å². The molecule has 1 saturated heterocycles. The number of nitrogens with zero attached hydrogens (tertiary/aromatic N) is 2. The molecular weight excluding hydrogens is 423 g/mol. The molecule has 2 aromatic rings. The molecule has 3 rings (SSSR count). The molecule has 0 aromatic heterocycles. The van der Waals surface area contributed by atoms with Crippen molar-refractivity contribution in [3.63, 3.8) is 0 Å². The first kappa shape index (κ1) is 22.8. The molecule has 1 aliphatic rings. The van der Waals surface area contributed by atoms with Crippen molar-refractivity contribution in [3.8, 4) is 11.5 Å². The van der Waals surface area contributed by atoms with Crippen molar-refractivity contribution in [1.82, 2.24) is 9.21 Å². The molecule has 0 unspecified atom stereocenters. The summed E-state index contributed by atoms with van der Waals surface area (Å²) < 4.78 is 37.8. The number of piperazine rings is 1. The summed E-state index contributed by atoms with van der Waals surface area (Å²) in [5.41, 5.74) is 1.12. The third-order valence-electron chi connectivity index (χ3n) is 4.62. The van der Waals surface area contributed by atoms with Crippen molar-refractivity contribution >= 4 is 21.6 Å². The molecule has 0 N–H and O–H groups in total. The van der Waals surface area contributed by atoms with Crippen LogP contribution >= 0.6 is 11.6 Å². The molecular formula is C19H23Cl2N2O4S-. The van der Waals surface area contributed by atoms with Crippen molar-refractivity contribution in [1.29, 1.82) is 0 Å². The van der Waals surface area contributed by atoms with Gasteiger partial charge in [0.25, 0.3) is 0 Å². The van der Waals surface area contributed by atoms with Crippen LogP contribution in [0.1, 0.15) is 5.56 Å². The minimum Gasteiger partial charge on any atom is -1.00 e. The quantitative estimate of drug-likeness (QED) is 0.619. The van der Waals surface area contributed by atoms with Crippen molar-refractivity contribution in [2.75, 3.05) is 40.4 Å². The van der Waals surface area contributed by atoms with Crippen LogP contribution in [0.3, 0.4) is 0 Å². The van der Waals surface area contributed by atoms with Gasteiger partial charge in [-0.15, -0.1) is 0 Å². The van der Waals surface area contributed by atoms with E-state index in [0.717, 1.165) is 12.1 Å². The highest BCUT2D eigenvalue weighted by atomic mass is 35.5. The molecule has 0 amide bonds. The van der Waals surface area contributed by atoms with Crippen LogP contribution in [-0.4, -0.2) is 58.0 Å². The molecule has 0 bridgehead atoms. The molecule has 0 aliphatic carbocycles. The first-order valence-electron chi connectivity index (χ1n) is 8.63. The molecule has 0 atom stereocenters. The number of rotatable bonds is 6. The highest BCUT2D eigenvalue weighted by Gasteiger charge is 2.29. The summed E-state index contributed by atoms with van der Waals surface area (Å²) in [4.78, 5) is 2.44. The van der Waals surface area contributed by atoms with Gasteiger partial charge in [0, 0.05) is 43.8 Å². The number of hydrogen-bond donors (Lipinski definition) is 0. The van der Waals surface area contributed by atoms with Crippen LogP contribution < -0.4 is 21.9 Å². The summed E-state index contributed by atoms with van der Waals surface area (Å²) in [6.45, 7) is 2.97. The number of ether oxygens (including phenoxy) is 2. The van der Waals surface area contributed by atoms with Gasteiger partial charge >= 0.3 is 0 Å². The van der Waals surface area contributed by atoms with E-state index in [9.17, 15) is 8.42 Å². The lowest BCUT2D eigenvalue weighted by Crippen LogP contribution is -3.00. The predicted molar refractivity (Wildman–Crippen MR) is 105 cm³/mol. The van der Waals surface area contributed by atoms with E-state index in [2.05, 4.69) is 4.90 Å². The second kappa shape index (κ2) is 9.80. The average Bonchev–Trinajstić information content (AvgIpc) is 2.68. The third kappa shape index (κ3) is 5.10. The van der Waals surface area contributed by atoms with Crippen LogP contribution in [0.2, 0.25) is 5.02 Å². The van der Waals surface area contributed by atoms with Gasteiger partial charge in [0.1, 0.15) is 0 Å². The van der Waals surface area contributed by atoms with Gasteiger partial charge in [-0.25, -0.2) is 8.42 Å². The fraction of sp³-hybridized carbons (Fsp3) is 0.368. The van der Waals surface area contributed by atoms with E-state index in [1.807, 2.05) is 24.3 Å². The molecule has 154 valence electrons. The molecule has 9 heteroatoms. The smallest absolute Gasteiger partial charge is 0.243 e. The Bertz CT molecular complexity index is 901. The molecule has 1 heterocycles. The van der Waals surface area contributed by atoms with Gasteiger partial charge < -0.3 is 21.9 Å². The lowest BCUT2D eigenvalue weighted by Gasteiger charge is -2.34. The maximum atomic E-state index is 13.0. The van der Waals surface area contributed by atoms with E-state index >= 15 is 0 Å². The molecule has 1 aliphatic heterocycles. The maximum Gasteiger partial charge on any atom is 0.243 e. The van der Waals surface area contributed by atoms with Crippen molar-refractivity contribution < 1.29 is 30.3 Å². The highest BCUT2D eigenvalue weighted by molar-refractivity contribution is 7.89. The fourth-order valence-corrected chi connectivity index (χ4v) is 4.80. The first-order chi connectivity index (χ1) is 12.9. The van der Waals surface area contributed by atoms with Crippen molar-refractivity contribution in [2.24, 2.45) is 0 Å². The highest BCUT2D eigenvalue weighted by Crippen LogP contribution is 2.31. The second-order valence-electron chi connectivity index (χ2n) is 6.33. The monoisotopic (exact) mass is 445 g/mol. The largest absolute Gasteiger partial charge is 1.00 e. The van der Waals surface area contributed by atoms with Crippen molar-refractivity contribution in [3.05, 3.63) is 53.1 Å². The Labute approximate surface area is 177 Å². The zero-order valence-electron chi connectivity index (χ0n) is 15.8. The minimum atomic E-state index is -3.57.